The van der Waals surface area contributed by atoms with Crippen LogP contribution in [0.5, 0.6) is 0 Å². The highest BCUT2D eigenvalue weighted by Gasteiger charge is 2.26. The molecule has 0 saturated heterocycles. The fourth-order valence-corrected chi connectivity index (χ4v) is 0.945. The average molecular weight is 161 g/mol. The highest BCUT2D eigenvalue weighted by molar-refractivity contribution is 4.78. The van der Waals surface area contributed by atoms with E-state index in [-0.39, 0.29) is 12.5 Å². The number of hydrogen-bond acceptors (Lipinski definition) is 3. The van der Waals surface area contributed by atoms with E-state index >= 15 is 0 Å². The van der Waals surface area contributed by atoms with Gasteiger partial charge in [-0.25, -0.2) is 0 Å². The zero-order valence-corrected chi connectivity index (χ0v) is 7.83. The van der Waals surface area contributed by atoms with Gasteiger partial charge in [0.25, 0.3) is 0 Å². The number of aliphatic hydroxyl groups excluding tert-OH is 1. The molecule has 3 heteroatoms. The summed E-state index contributed by atoms with van der Waals surface area (Å²) in [5.41, 5.74) is -0.793. The second-order valence-corrected chi connectivity index (χ2v) is 3.80. The minimum atomic E-state index is -0.793. The predicted molar refractivity (Wildman–Crippen MR) is 45.4 cm³/mol. The van der Waals surface area contributed by atoms with E-state index in [1.54, 1.807) is 13.8 Å². The minimum Gasteiger partial charge on any atom is -0.396 e. The molecule has 0 aliphatic heterocycles. The van der Waals surface area contributed by atoms with Crippen LogP contribution in [0, 0.1) is 5.92 Å². The van der Waals surface area contributed by atoms with E-state index in [1.807, 2.05) is 19.0 Å². The lowest BCUT2D eigenvalue weighted by Gasteiger charge is -2.29. The van der Waals surface area contributed by atoms with Gasteiger partial charge in [-0.1, -0.05) is 0 Å². The van der Waals surface area contributed by atoms with Crippen molar-refractivity contribution in [3.63, 3.8) is 0 Å². The predicted octanol–water partition coefficient (Wildman–Crippen LogP) is -0.0726. The van der Waals surface area contributed by atoms with Gasteiger partial charge in [0.2, 0.25) is 0 Å². The molecule has 1 unspecified atom stereocenters. The Morgan fingerprint density at radius 2 is 1.82 bits per heavy atom. The summed E-state index contributed by atoms with van der Waals surface area (Å²) in [6, 6.07) is 0. The molecule has 2 N–H and O–H groups in total. The van der Waals surface area contributed by atoms with Gasteiger partial charge in [-0.3, -0.25) is 0 Å². The van der Waals surface area contributed by atoms with Gasteiger partial charge in [0.05, 0.1) is 5.60 Å². The molecule has 11 heavy (non-hydrogen) atoms. The molecule has 0 aromatic heterocycles. The Kier molecular flexibility index (Phi) is 4.00. The van der Waals surface area contributed by atoms with Gasteiger partial charge in [-0.05, 0) is 27.9 Å². The van der Waals surface area contributed by atoms with E-state index in [9.17, 15) is 5.11 Å². The number of aliphatic hydroxyl groups is 2. The third kappa shape index (κ3) is 4.35. The van der Waals surface area contributed by atoms with Crippen molar-refractivity contribution in [2.45, 2.75) is 19.4 Å². The number of hydrogen-bond donors (Lipinski definition) is 2. The zero-order valence-electron chi connectivity index (χ0n) is 7.83. The van der Waals surface area contributed by atoms with Gasteiger partial charge in [0, 0.05) is 19.1 Å². The largest absolute Gasteiger partial charge is 0.396 e. The maximum absolute atomic E-state index is 9.54. The first kappa shape index (κ1) is 10.9. The van der Waals surface area contributed by atoms with Gasteiger partial charge in [0.15, 0.2) is 0 Å². The van der Waals surface area contributed by atoms with Crippen LogP contribution in [0.1, 0.15) is 13.8 Å². The molecular weight excluding hydrogens is 142 g/mol. The molecular formula is C8H19NO2. The summed E-state index contributed by atoms with van der Waals surface area (Å²) in [6.07, 6.45) is 0. The summed E-state index contributed by atoms with van der Waals surface area (Å²) >= 11 is 0. The van der Waals surface area contributed by atoms with Crippen LogP contribution in [0.3, 0.4) is 0 Å². The average Bonchev–Trinajstić information content (AvgIpc) is 1.79. The molecule has 0 aliphatic carbocycles. The molecule has 0 radical (unpaired) electrons. The maximum Gasteiger partial charge on any atom is 0.0653 e. The fourth-order valence-electron chi connectivity index (χ4n) is 0.945. The van der Waals surface area contributed by atoms with Gasteiger partial charge in [0.1, 0.15) is 0 Å². The Bertz CT molecular complexity index is 107. The quantitative estimate of drug-likeness (QED) is 0.606. The van der Waals surface area contributed by atoms with E-state index < -0.39 is 5.60 Å². The molecule has 1 atom stereocenters. The Labute approximate surface area is 68.6 Å². The molecule has 0 aromatic rings. The summed E-state index contributed by atoms with van der Waals surface area (Å²) in [6.45, 7) is 4.18. The topological polar surface area (TPSA) is 43.7 Å². The molecule has 0 bridgehead atoms. The molecule has 0 heterocycles. The van der Waals surface area contributed by atoms with Crippen LogP contribution in [-0.4, -0.2) is 48.0 Å². The molecule has 0 aliphatic rings. The lowest BCUT2D eigenvalue weighted by molar-refractivity contribution is -0.0183. The SMILES string of the molecule is CN(C)CC(CO)C(C)(C)O. The lowest BCUT2D eigenvalue weighted by Crippen LogP contribution is -2.40. The van der Waals surface area contributed by atoms with E-state index in [4.69, 9.17) is 5.11 Å². The second-order valence-electron chi connectivity index (χ2n) is 3.80. The van der Waals surface area contributed by atoms with Crippen LogP contribution in [0.2, 0.25) is 0 Å². The third-order valence-electron chi connectivity index (χ3n) is 1.80. The Morgan fingerprint density at radius 1 is 1.36 bits per heavy atom. The van der Waals surface area contributed by atoms with Crippen LogP contribution in [-0.2, 0) is 0 Å². The lowest BCUT2D eigenvalue weighted by atomic mass is 9.91. The molecule has 0 aromatic carbocycles. The van der Waals surface area contributed by atoms with Crippen LogP contribution in [0.15, 0.2) is 0 Å². The molecule has 0 fully saturated rings. The van der Waals surface area contributed by atoms with Crippen LogP contribution >= 0.6 is 0 Å². The van der Waals surface area contributed by atoms with E-state index in [0.29, 0.717) is 6.54 Å². The van der Waals surface area contributed by atoms with Crippen LogP contribution in [0.4, 0.5) is 0 Å². The van der Waals surface area contributed by atoms with Crippen molar-refractivity contribution in [3.8, 4) is 0 Å². The standard InChI is InChI=1S/C8H19NO2/c1-8(2,11)7(6-10)5-9(3)4/h7,10-11H,5-6H2,1-4H3. The van der Waals surface area contributed by atoms with Gasteiger partial charge < -0.3 is 15.1 Å². The van der Waals surface area contributed by atoms with Crippen molar-refractivity contribution in [2.24, 2.45) is 5.92 Å². The maximum atomic E-state index is 9.54. The van der Waals surface area contributed by atoms with Crippen molar-refractivity contribution < 1.29 is 10.2 Å². The normalized spacial score (nSPS) is 15.5. The van der Waals surface area contributed by atoms with Crippen LogP contribution < -0.4 is 0 Å². The summed E-state index contributed by atoms with van der Waals surface area (Å²) < 4.78 is 0. The van der Waals surface area contributed by atoms with Crippen molar-refractivity contribution >= 4 is 0 Å². The van der Waals surface area contributed by atoms with E-state index in [2.05, 4.69) is 0 Å². The molecule has 68 valence electrons. The van der Waals surface area contributed by atoms with Crippen molar-refractivity contribution in [2.75, 3.05) is 27.2 Å². The van der Waals surface area contributed by atoms with E-state index in [0.717, 1.165) is 0 Å². The van der Waals surface area contributed by atoms with E-state index in [1.165, 1.54) is 0 Å². The van der Waals surface area contributed by atoms with Crippen molar-refractivity contribution in [1.29, 1.82) is 0 Å². The second kappa shape index (κ2) is 4.04. The first-order chi connectivity index (χ1) is 4.88. The number of nitrogens with zero attached hydrogens (tertiary/aromatic N) is 1. The monoisotopic (exact) mass is 161 g/mol. The molecule has 0 amide bonds. The van der Waals surface area contributed by atoms with Gasteiger partial charge in [-0.15, -0.1) is 0 Å². The molecule has 3 nitrogen and oxygen atoms in total. The van der Waals surface area contributed by atoms with Gasteiger partial charge in [-0.2, -0.15) is 0 Å². The summed E-state index contributed by atoms with van der Waals surface area (Å²) in [5, 5.41) is 18.5. The summed E-state index contributed by atoms with van der Waals surface area (Å²) in [7, 11) is 3.85. The summed E-state index contributed by atoms with van der Waals surface area (Å²) in [5.74, 6) is -0.0718. The Hall–Kier alpha value is -0.120. The molecule has 0 saturated carbocycles. The smallest absolute Gasteiger partial charge is 0.0653 e. The highest BCUT2D eigenvalue weighted by atomic mass is 16.3. The molecule has 0 rings (SSSR count). The highest BCUT2D eigenvalue weighted by Crippen LogP contribution is 2.15. The van der Waals surface area contributed by atoms with Crippen molar-refractivity contribution in [3.05, 3.63) is 0 Å². The fraction of sp³-hybridized carbons (Fsp3) is 1.00. The molecule has 0 spiro atoms. The van der Waals surface area contributed by atoms with Crippen molar-refractivity contribution in [1.82, 2.24) is 4.90 Å². The zero-order chi connectivity index (χ0) is 9.07. The number of rotatable bonds is 4. The summed E-state index contributed by atoms with van der Waals surface area (Å²) in [4.78, 5) is 1.96. The third-order valence-corrected chi connectivity index (χ3v) is 1.80. The first-order valence-electron chi connectivity index (χ1n) is 3.86. The first-order valence-corrected chi connectivity index (χ1v) is 3.86. The van der Waals surface area contributed by atoms with Gasteiger partial charge >= 0.3 is 0 Å². The Balaban J connectivity index is 3.96. The minimum absolute atomic E-state index is 0.0294. The Morgan fingerprint density at radius 3 is 1.91 bits per heavy atom. The van der Waals surface area contributed by atoms with Crippen LogP contribution in [0.25, 0.3) is 0 Å².